The lowest BCUT2D eigenvalue weighted by Gasteiger charge is -2.34. The first kappa shape index (κ1) is 21.4. The van der Waals surface area contributed by atoms with E-state index in [1.54, 1.807) is 24.3 Å². The van der Waals surface area contributed by atoms with Crippen molar-refractivity contribution in [1.82, 2.24) is 14.4 Å². The van der Waals surface area contributed by atoms with Crippen molar-refractivity contribution in [3.05, 3.63) is 35.5 Å². The Balaban J connectivity index is 0.00000261. The van der Waals surface area contributed by atoms with Gasteiger partial charge in [-0.3, -0.25) is 0 Å². The average Bonchev–Trinajstić information content (AvgIpc) is 3.06. The van der Waals surface area contributed by atoms with Crippen LogP contribution in [0.2, 0.25) is 0 Å². The number of sulfonamides is 1. The van der Waals surface area contributed by atoms with Gasteiger partial charge < -0.3 is 15.0 Å². The van der Waals surface area contributed by atoms with E-state index < -0.39 is 15.6 Å². The molecule has 1 aliphatic carbocycles. The summed E-state index contributed by atoms with van der Waals surface area (Å²) in [5.74, 6) is 1.12. The van der Waals surface area contributed by atoms with E-state index >= 15 is 0 Å². The van der Waals surface area contributed by atoms with Crippen LogP contribution in [0, 0.1) is 0 Å². The molecular formula is C17H23ClN4O4S. The van der Waals surface area contributed by atoms with Crippen molar-refractivity contribution in [3.8, 4) is 5.75 Å². The topological polar surface area (TPSA) is 112 Å². The van der Waals surface area contributed by atoms with E-state index in [1.165, 1.54) is 27.3 Å². The smallest absolute Gasteiger partial charge is 0.250 e. The molecule has 0 spiro atoms. The summed E-state index contributed by atoms with van der Waals surface area (Å²) in [7, 11) is 0.749. The Morgan fingerprint density at radius 1 is 1.30 bits per heavy atom. The SMILES string of the molecule is COc1ccc(/C=C/c2nc(C3(N)CCC3)no2)cc1S(=O)(=O)N(C)C.Cl. The van der Waals surface area contributed by atoms with Gasteiger partial charge in [0.25, 0.3) is 5.89 Å². The van der Waals surface area contributed by atoms with Gasteiger partial charge in [0, 0.05) is 20.2 Å². The fraction of sp³-hybridized carbons (Fsp3) is 0.412. The number of aromatic nitrogens is 2. The summed E-state index contributed by atoms with van der Waals surface area (Å²) < 4.78 is 36.4. The number of methoxy groups -OCH3 is 1. The predicted molar refractivity (Wildman–Crippen MR) is 104 cm³/mol. The Morgan fingerprint density at radius 3 is 2.56 bits per heavy atom. The van der Waals surface area contributed by atoms with Crippen molar-refractivity contribution in [3.63, 3.8) is 0 Å². The molecule has 8 nitrogen and oxygen atoms in total. The molecule has 0 radical (unpaired) electrons. The van der Waals surface area contributed by atoms with Crippen molar-refractivity contribution in [2.45, 2.75) is 29.7 Å². The summed E-state index contributed by atoms with van der Waals surface area (Å²) in [5, 5.41) is 3.94. The summed E-state index contributed by atoms with van der Waals surface area (Å²) in [4.78, 5) is 4.40. The Hall–Kier alpha value is -1.94. The lowest BCUT2D eigenvalue weighted by molar-refractivity contribution is 0.229. The van der Waals surface area contributed by atoms with E-state index in [1.807, 2.05) is 0 Å². The van der Waals surface area contributed by atoms with Crippen LogP contribution >= 0.6 is 12.4 Å². The summed E-state index contributed by atoms with van der Waals surface area (Å²) in [6, 6.07) is 4.90. The molecule has 0 saturated heterocycles. The van der Waals surface area contributed by atoms with E-state index in [0.717, 1.165) is 23.6 Å². The van der Waals surface area contributed by atoms with Gasteiger partial charge in [0.05, 0.1) is 12.6 Å². The van der Waals surface area contributed by atoms with Crippen LogP contribution in [0.4, 0.5) is 0 Å². The number of hydrogen-bond acceptors (Lipinski definition) is 7. The maximum atomic E-state index is 12.5. The maximum Gasteiger partial charge on any atom is 0.250 e. The minimum atomic E-state index is -3.63. The molecule has 0 atom stereocenters. The second-order valence-electron chi connectivity index (χ2n) is 6.50. The van der Waals surface area contributed by atoms with E-state index in [9.17, 15) is 8.42 Å². The van der Waals surface area contributed by atoms with Gasteiger partial charge >= 0.3 is 0 Å². The second kappa shape index (κ2) is 7.97. The molecule has 27 heavy (non-hydrogen) atoms. The highest BCUT2D eigenvalue weighted by atomic mass is 35.5. The molecule has 10 heteroatoms. The molecule has 2 aromatic rings. The minimum absolute atomic E-state index is 0. The van der Waals surface area contributed by atoms with Crippen molar-refractivity contribution in [2.75, 3.05) is 21.2 Å². The second-order valence-corrected chi connectivity index (χ2v) is 8.62. The van der Waals surface area contributed by atoms with Crippen molar-refractivity contribution < 1.29 is 17.7 Å². The number of rotatable bonds is 6. The van der Waals surface area contributed by atoms with E-state index in [2.05, 4.69) is 10.1 Å². The standard InChI is InChI=1S/C17H22N4O4S.ClH/c1-21(2)26(22,23)14-11-12(5-7-13(14)24-3)6-8-15-19-16(20-25-15)17(18)9-4-10-17;/h5-8,11H,4,9-10,18H2,1-3H3;1H/b8-6+;. The highest BCUT2D eigenvalue weighted by molar-refractivity contribution is 7.89. The molecule has 1 saturated carbocycles. The van der Waals surface area contributed by atoms with Gasteiger partial charge in [0.2, 0.25) is 10.0 Å². The Morgan fingerprint density at radius 2 is 2.00 bits per heavy atom. The van der Waals surface area contributed by atoms with E-state index in [0.29, 0.717) is 17.3 Å². The highest BCUT2D eigenvalue weighted by Gasteiger charge is 2.38. The minimum Gasteiger partial charge on any atom is -0.495 e. The predicted octanol–water partition coefficient (Wildman–Crippen LogP) is 2.26. The van der Waals surface area contributed by atoms with E-state index in [4.69, 9.17) is 15.0 Å². The molecule has 1 aliphatic rings. The third kappa shape index (κ3) is 4.16. The number of benzene rings is 1. The largest absolute Gasteiger partial charge is 0.495 e. The van der Waals surface area contributed by atoms with Gasteiger partial charge in [-0.2, -0.15) is 4.98 Å². The van der Waals surface area contributed by atoms with Gasteiger partial charge in [-0.25, -0.2) is 12.7 Å². The molecule has 0 amide bonds. The van der Waals surface area contributed by atoms with Gasteiger partial charge in [-0.05, 0) is 43.0 Å². The van der Waals surface area contributed by atoms with Crippen LogP contribution in [0.3, 0.4) is 0 Å². The Kier molecular flexibility index (Phi) is 6.31. The molecule has 1 heterocycles. The zero-order valence-electron chi connectivity index (χ0n) is 15.4. The molecule has 1 aromatic carbocycles. The van der Waals surface area contributed by atoms with Gasteiger partial charge in [-0.1, -0.05) is 11.2 Å². The van der Waals surface area contributed by atoms with Crippen LogP contribution in [-0.2, 0) is 15.6 Å². The molecule has 2 N–H and O–H groups in total. The van der Waals surface area contributed by atoms with Crippen LogP contribution in [0.5, 0.6) is 5.75 Å². The van der Waals surface area contributed by atoms with Crippen molar-refractivity contribution in [2.24, 2.45) is 5.73 Å². The first-order chi connectivity index (χ1) is 12.3. The molecule has 0 unspecified atom stereocenters. The molecule has 148 valence electrons. The van der Waals surface area contributed by atoms with E-state index in [-0.39, 0.29) is 23.1 Å². The molecule has 1 aromatic heterocycles. The van der Waals surface area contributed by atoms with Crippen molar-refractivity contribution in [1.29, 1.82) is 0 Å². The number of ether oxygens (including phenoxy) is 1. The molecule has 0 bridgehead atoms. The zero-order chi connectivity index (χ0) is 18.9. The third-order valence-electron chi connectivity index (χ3n) is 4.50. The maximum absolute atomic E-state index is 12.5. The molecular weight excluding hydrogens is 392 g/mol. The lowest BCUT2D eigenvalue weighted by atomic mass is 9.77. The summed E-state index contributed by atoms with van der Waals surface area (Å²) in [6.45, 7) is 0. The summed E-state index contributed by atoms with van der Waals surface area (Å²) in [6.07, 6.45) is 6.09. The monoisotopic (exact) mass is 414 g/mol. The third-order valence-corrected chi connectivity index (χ3v) is 6.33. The Bertz CT molecular complexity index is 936. The number of hydrogen-bond donors (Lipinski definition) is 1. The first-order valence-electron chi connectivity index (χ1n) is 8.18. The summed E-state index contributed by atoms with van der Waals surface area (Å²) in [5.41, 5.74) is 6.36. The fourth-order valence-corrected chi connectivity index (χ4v) is 3.73. The van der Waals surface area contributed by atoms with Crippen LogP contribution in [0.1, 0.15) is 36.5 Å². The zero-order valence-corrected chi connectivity index (χ0v) is 17.0. The average molecular weight is 415 g/mol. The summed E-state index contributed by atoms with van der Waals surface area (Å²) >= 11 is 0. The highest BCUT2D eigenvalue weighted by Crippen LogP contribution is 2.37. The normalized spacial score (nSPS) is 16.2. The first-order valence-corrected chi connectivity index (χ1v) is 9.62. The number of nitrogens with zero attached hydrogens (tertiary/aromatic N) is 3. The lowest BCUT2D eigenvalue weighted by Crippen LogP contribution is -2.44. The van der Waals surface area contributed by atoms with Gasteiger partial charge in [0.15, 0.2) is 5.82 Å². The molecule has 3 rings (SSSR count). The quantitative estimate of drug-likeness (QED) is 0.771. The molecule has 1 fully saturated rings. The van der Waals surface area contributed by atoms with Crippen LogP contribution < -0.4 is 10.5 Å². The van der Waals surface area contributed by atoms with Gasteiger partial charge in [-0.15, -0.1) is 12.4 Å². The van der Waals surface area contributed by atoms with Crippen molar-refractivity contribution >= 4 is 34.6 Å². The number of nitrogens with two attached hydrogens (primary N) is 1. The number of halogens is 1. The van der Waals surface area contributed by atoms with Gasteiger partial charge in [0.1, 0.15) is 10.6 Å². The molecule has 0 aliphatic heterocycles. The fourth-order valence-electron chi connectivity index (χ4n) is 2.65. The van der Waals surface area contributed by atoms with Crippen LogP contribution in [0.15, 0.2) is 27.6 Å². The Labute approximate surface area is 164 Å². The van der Waals surface area contributed by atoms with Crippen LogP contribution in [0.25, 0.3) is 12.2 Å². The van der Waals surface area contributed by atoms with Crippen LogP contribution in [-0.4, -0.2) is 44.1 Å².